The molecular weight excluding hydrogens is 222 g/mol. The van der Waals surface area contributed by atoms with Crippen LogP contribution in [0.15, 0.2) is 18.2 Å². The van der Waals surface area contributed by atoms with E-state index in [1.165, 1.54) is 0 Å². The first kappa shape index (κ1) is 15.0. The van der Waals surface area contributed by atoms with Crippen LogP contribution in [0.3, 0.4) is 0 Å². The Balaban J connectivity index is 2.67. The lowest BCUT2D eigenvalue weighted by atomic mass is 10.1. The summed E-state index contributed by atoms with van der Waals surface area (Å²) in [4.78, 5) is 6.91. The molecule has 3 heteroatoms. The fraction of sp³-hybridized carbons (Fsp3) is 0.667. The fourth-order valence-electron chi connectivity index (χ4n) is 1.77. The second-order valence-electron chi connectivity index (χ2n) is 6.37. The number of pyridine rings is 1. The van der Waals surface area contributed by atoms with Gasteiger partial charge in [-0.15, -0.1) is 0 Å². The topological polar surface area (TPSA) is 28.2 Å². The van der Waals surface area contributed by atoms with Gasteiger partial charge in [-0.3, -0.25) is 0 Å². The molecule has 102 valence electrons. The number of nitrogens with one attached hydrogen (secondary N) is 1. The summed E-state index contributed by atoms with van der Waals surface area (Å²) < 4.78 is 0. The maximum absolute atomic E-state index is 4.69. The summed E-state index contributed by atoms with van der Waals surface area (Å²) in [7, 11) is 2.10. The number of anilines is 1. The Hall–Kier alpha value is -1.09. The van der Waals surface area contributed by atoms with Crippen LogP contribution in [0.4, 0.5) is 5.82 Å². The quantitative estimate of drug-likeness (QED) is 0.869. The van der Waals surface area contributed by atoms with Crippen LogP contribution < -0.4 is 10.2 Å². The van der Waals surface area contributed by atoms with Crippen molar-refractivity contribution in [1.82, 2.24) is 10.3 Å². The zero-order valence-corrected chi connectivity index (χ0v) is 12.6. The molecule has 0 atom stereocenters. The van der Waals surface area contributed by atoms with Crippen LogP contribution in [-0.2, 0) is 6.54 Å². The molecule has 0 amide bonds. The van der Waals surface area contributed by atoms with Crippen molar-refractivity contribution in [2.75, 3.05) is 18.5 Å². The molecular formula is C15H27N3. The lowest BCUT2D eigenvalue weighted by Crippen LogP contribution is -2.35. The average molecular weight is 249 g/mol. The Bertz CT molecular complexity index is 366. The summed E-state index contributed by atoms with van der Waals surface area (Å²) in [6.45, 7) is 12.8. The van der Waals surface area contributed by atoms with E-state index in [0.717, 1.165) is 24.6 Å². The SMILES string of the molecule is CC(C)CN(C)c1cccc(CNC(C)(C)C)n1. The Morgan fingerprint density at radius 2 is 1.94 bits per heavy atom. The van der Waals surface area contributed by atoms with Gasteiger partial charge < -0.3 is 10.2 Å². The molecule has 1 aromatic heterocycles. The molecule has 0 spiro atoms. The fourth-order valence-corrected chi connectivity index (χ4v) is 1.77. The predicted octanol–water partition coefficient (Wildman–Crippen LogP) is 3.06. The van der Waals surface area contributed by atoms with Crippen molar-refractivity contribution in [3.63, 3.8) is 0 Å². The summed E-state index contributed by atoms with van der Waals surface area (Å²) in [5.41, 5.74) is 1.22. The second kappa shape index (κ2) is 6.19. The molecule has 1 aromatic rings. The average Bonchev–Trinajstić information content (AvgIpc) is 2.25. The molecule has 0 radical (unpaired) electrons. The Morgan fingerprint density at radius 3 is 2.50 bits per heavy atom. The normalized spacial score (nSPS) is 11.9. The maximum Gasteiger partial charge on any atom is 0.128 e. The number of hydrogen-bond acceptors (Lipinski definition) is 3. The molecule has 0 saturated carbocycles. The Labute approximate surface area is 112 Å². The van der Waals surface area contributed by atoms with Gasteiger partial charge in [0.25, 0.3) is 0 Å². The molecule has 0 unspecified atom stereocenters. The third kappa shape index (κ3) is 5.50. The molecule has 1 rings (SSSR count). The first-order valence-corrected chi connectivity index (χ1v) is 6.70. The highest BCUT2D eigenvalue weighted by Gasteiger charge is 2.10. The summed E-state index contributed by atoms with van der Waals surface area (Å²) in [6, 6.07) is 6.23. The molecule has 18 heavy (non-hydrogen) atoms. The number of rotatable bonds is 5. The number of nitrogens with zero attached hydrogens (tertiary/aromatic N) is 2. The van der Waals surface area contributed by atoms with Crippen molar-refractivity contribution in [3.05, 3.63) is 23.9 Å². The second-order valence-corrected chi connectivity index (χ2v) is 6.37. The minimum Gasteiger partial charge on any atom is -0.359 e. The first-order chi connectivity index (χ1) is 8.28. The maximum atomic E-state index is 4.69. The molecule has 0 aliphatic rings. The van der Waals surface area contributed by atoms with Crippen LogP contribution in [0.5, 0.6) is 0 Å². The van der Waals surface area contributed by atoms with E-state index in [1.807, 2.05) is 0 Å². The molecule has 0 saturated heterocycles. The molecule has 0 aliphatic carbocycles. The van der Waals surface area contributed by atoms with Crippen LogP contribution in [0, 0.1) is 5.92 Å². The molecule has 0 bridgehead atoms. The van der Waals surface area contributed by atoms with E-state index in [4.69, 9.17) is 4.98 Å². The summed E-state index contributed by atoms with van der Waals surface area (Å²) in [5, 5.41) is 3.46. The van der Waals surface area contributed by atoms with E-state index in [-0.39, 0.29) is 5.54 Å². The van der Waals surface area contributed by atoms with Crippen LogP contribution >= 0.6 is 0 Å². The van der Waals surface area contributed by atoms with Gasteiger partial charge in [0.1, 0.15) is 5.82 Å². The smallest absolute Gasteiger partial charge is 0.128 e. The van der Waals surface area contributed by atoms with Gasteiger partial charge in [0, 0.05) is 25.7 Å². The lowest BCUT2D eigenvalue weighted by molar-refractivity contribution is 0.421. The van der Waals surface area contributed by atoms with Gasteiger partial charge in [0.15, 0.2) is 0 Å². The van der Waals surface area contributed by atoms with Gasteiger partial charge in [0.05, 0.1) is 5.69 Å². The highest BCUT2D eigenvalue weighted by Crippen LogP contribution is 2.12. The van der Waals surface area contributed by atoms with Crippen molar-refractivity contribution < 1.29 is 0 Å². The highest BCUT2D eigenvalue weighted by atomic mass is 15.2. The Morgan fingerprint density at radius 1 is 1.28 bits per heavy atom. The summed E-state index contributed by atoms with van der Waals surface area (Å²) in [6.07, 6.45) is 0. The molecule has 1 N–H and O–H groups in total. The van der Waals surface area contributed by atoms with Crippen LogP contribution in [0.25, 0.3) is 0 Å². The van der Waals surface area contributed by atoms with Crippen LogP contribution in [-0.4, -0.2) is 24.1 Å². The van der Waals surface area contributed by atoms with Crippen molar-refractivity contribution >= 4 is 5.82 Å². The van der Waals surface area contributed by atoms with E-state index in [9.17, 15) is 0 Å². The van der Waals surface area contributed by atoms with Crippen molar-refractivity contribution in [2.45, 2.75) is 46.7 Å². The third-order valence-electron chi connectivity index (χ3n) is 2.62. The van der Waals surface area contributed by atoms with Crippen LogP contribution in [0.1, 0.15) is 40.3 Å². The van der Waals surface area contributed by atoms with Crippen molar-refractivity contribution in [3.8, 4) is 0 Å². The third-order valence-corrected chi connectivity index (χ3v) is 2.62. The zero-order valence-electron chi connectivity index (χ0n) is 12.6. The van der Waals surface area contributed by atoms with Gasteiger partial charge in [-0.2, -0.15) is 0 Å². The molecule has 3 nitrogen and oxygen atoms in total. The van der Waals surface area contributed by atoms with Crippen LogP contribution in [0.2, 0.25) is 0 Å². The highest BCUT2D eigenvalue weighted by molar-refractivity contribution is 5.38. The van der Waals surface area contributed by atoms with E-state index >= 15 is 0 Å². The van der Waals surface area contributed by atoms with Gasteiger partial charge in [-0.25, -0.2) is 4.98 Å². The molecule has 0 fully saturated rings. The van der Waals surface area contributed by atoms with Crippen molar-refractivity contribution in [2.24, 2.45) is 5.92 Å². The lowest BCUT2D eigenvalue weighted by Gasteiger charge is -2.22. The minimum absolute atomic E-state index is 0.127. The Kier molecular flexibility index (Phi) is 5.15. The molecule has 1 heterocycles. The first-order valence-electron chi connectivity index (χ1n) is 6.70. The van der Waals surface area contributed by atoms with E-state index in [0.29, 0.717) is 5.92 Å². The van der Waals surface area contributed by atoms with Gasteiger partial charge in [0.2, 0.25) is 0 Å². The summed E-state index contributed by atoms with van der Waals surface area (Å²) in [5.74, 6) is 1.70. The number of hydrogen-bond donors (Lipinski definition) is 1. The van der Waals surface area contributed by atoms with E-state index < -0.39 is 0 Å². The zero-order chi connectivity index (χ0) is 13.8. The van der Waals surface area contributed by atoms with E-state index in [2.05, 4.69) is 70.1 Å². The predicted molar refractivity (Wildman–Crippen MR) is 78.9 cm³/mol. The van der Waals surface area contributed by atoms with Gasteiger partial charge in [-0.1, -0.05) is 19.9 Å². The molecule has 0 aromatic carbocycles. The van der Waals surface area contributed by atoms with Crippen molar-refractivity contribution in [1.29, 1.82) is 0 Å². The standard InChI is InChI=1S/C15H27N3/c1-12(2)11-18(6)14-9-7-8-13(17-14)10-16-15(3,4)5/h7-9,12,16H,10-11H2,1-6H3. The largest absolute Gasteiger partial charge is 0.359 e. The minimum atomic E-state index is 0.127. The van der Waals surface area contributed by atoms with Gasteiger partial charge in [-0.05, 0) is 38.8 Å². The number of aromatic nitrogens is 1. The molecule has 0 aliphatic heterocycles. The summed E-state index contributed by atoms with van der Waals surface area (Å²) >= 11 is 0. The monoisotopic (exact) mass is 249 g/mol. The van der Waals surface area contributed by atoms with E-state index in [1.54, 1.807) is 0 Å². The van der Waals surface area contributed by atoms with Gasteiger partial charge >= 0.3 is 0 Å².